The SMILES string of the molecule is N[C@H]1C[C@H]1c1ccc(Br)cc1. The van der Waals surface area contributed by atoms with E-state index in [1.54, 1.807) is 0 Å². The smallest absolute Gasteiger partial charge is 0.0175 e. The van der Waals surface area contributed by atoms with Crippen LogP contribution in [0.4, 0.5) is 0 Å². The van der Waals surface area contributed by atoms with Crippen LogP contribution in [0.1, 0.15) is 17.9 Å². The number of hydrogen-bond donors (Lipinski definition) is 1. The van der Waals surface area contributed by atoms with Gasteiger partial charge in [-0.3, -0.25) is 0 Å². The highest BCUT2D eigenvalue weighted by Gasteiger charge is 2.34. The average Bonchev–Trinajstić information content (AvgIpc) is 2.69. The molecule has 58 valence electrons. The largest absolute Gasteiger partial charge is 0.327 e. The lowest BCUT2D eigenvalue weighted by Gasteiger charge is -1.96. The molecule has 0 saturated heterocycles. The van der Waals surface area contributed by atoms with Crippen LogP contribution in [0.2, 0.25) is 0 Å². The molecule has 2 atom stereocenters. The maximum Gasteiger partial charge on any atom is 0.0175 e. The van der Waals surface area contributed by atoms with Gasteiger partial charge in [0.25, 0.3) is 0 Å². The van der Waals surface area contributed by atoms with Crippen LogP contribution in [0.25, 0.3) is 0 Å². The van der Waals surface area contributed by atoms with Crippen molar-refractivity contribution >= 4 is 15.9 Å². The van der Waals surface area contributed by atoms with Gasteiger partial charge in [-0.2, -0.15) is 0 Å². The van der Waals surface area contributed by atoms with E-state index in [0.29, 0.717) is 12.0 Å². The molecule has 0 heterocycles. The summed E-state index contributed by atoms with van der Waals surface area (Å²) in [5.74, 6) is 0.628. The third-order valence-corrected chi connectivity index (χ3v) is 2.67. The molecule has 1 aliphatic carbocycles. The van der Waals surface area contributed by atoms with E-state index in [1.807, 2.05) is 0 Å². The van der Waals surface area contributed by atoms with Gasteiger partial charge in [-0.05, 0) is 24.1 Å². The molecule has 1 aromatic rings. The molecule has 11 heavy (non-hydrogen) atoms. The van der Waals surface area contributed by atoms with Crippen molar-refractivity contribution < 1.29 is 0 Å². The van der Waals surface area contributed by atoms with Gasteiger partial charge in [0.2, 0.25) is 0 Å². The second-order valence-corrected chi connectivity index (χ2v) is 3.97. The van der Waals surface area contributed by atoms with Gasteiger partial charge in [-0.15, -0.1) is 0 Å². The summed E-state index contributed by atoms with van der Waals surface area (Å²) in [6.07, 6.45) is 1.15. The van der Waals surface area contributed by atoms with Crippen LogP contribution in [0, 0.1) is 0 Å². The first-order valence-corrected chi connectivity index (χ1v) is 4.58. The van der Waals surface area contributed by atoms with Crippen LogP contribution in [0.15, 0.2) is 28.7 Å². The third-order valence-electron chi connectivity index (χ3n) is 2.14. The van der Waals surface area contributed by atoms with E-state index in [1.165, 1.54) is 5.56 Å². The number of halogens is 1. The van der Waals surface area contributed by atoms with Crippen molar-refractivity contribution in [3.05, 3.63) is 34.3 Å². The maximum absolute atomic E-state index is 5.72. The Balaban J connectivity index is 2.21. The predicted molar refractivity (Wildman–Crippen MR) is 49.5 cm³/mol. The van der Waals surface area contributed by atoms with E-state index < -0.39 is 0 Å². The van der Waals surface area contributed by atoms with Crippen molar-refractivity contribution in [2.75, 3.05) is 0 Å². The zero-order valence-corrected chi connectivity index (χ0v) is 7.71. The average molecular weight is 212 g/mol. The molecule has 0 aromatic heterocycles. The number of benzene rings is 1. The van der Waals surface area contributed by atoms with Gasteiger partial charge in [0, 0.05) is 16.4 Å². The van der Waals surface area contributed by atoms with E-state index in [0.717, 1.165) is 10.9 Å². The number of rotatable bonds is 1. The highest BCUT2D eigenvalue weighted by Crippen LogP contribution is 2.38. The van der Waals surface area contributed by atoms with Crippen LogP contribution < -0.4 is 5.73 Å². The first-order valence-electron chi connectivity index (χ1n) is 3.78. The van der Waals surface area contributed by atoms with Gasteiger partial charge < -0.3 is 5.73 Å². The molecule has 2 rings (SSSR count). The van der Waals surface area contributed by atoms with Crippen molar-refractivity contribution in [1.82, 2.24) is 0 Å². The van der Waals surface area contributed by atoms with E-state index in [2.05, 4.69) is 40.2 Å². The van der Waals surface area contributed by atoms with Crippen molar-refractivity contribution in [1.29, 1.82) is 0 Å². The summed E-state index contributed by atoms with van der Waals surface area (Å²) in [5.41, 5.74) is 7.10. The Morgan fingerprint density at radius 3 is 2.27 bits per heavy atom. The van der Waals surface area contributed by atoms with Crippen molar-refractivity contribution in [2.45, 2.75) is 18.4 Å². The molecule has 1 saturated carbocycles. The van der Waals surface area contributed by atoms with Gasteiger partial charge in [0.1, 0.15) is 0 Å². The van der Waals surface area contributed by atoms with Crippen LogP contribution in [-0.2, 0) is 0 Å². The lowest BCUT2D eigenvalue weighted by atomic mass is 10.1. The first-order chi connectivity index (χ1) is 5.27. The van der Waals surface area contributed by atoms with Gasteiger partial charge >= 0.3 is 0 Å². The molecule has 2 heteroatoms. The minimum absolute atomic E-state index is 0.413. The minimum atomic E-state index is 0.413. The molecule has 1 aromatic carbocycles. The van der Waals surface area contributed by atoms with Crippen LogP contribution in [-0.4, -0.2) is 6.04 Å². The summed E-state index contributed by atoms with van der Waals surface area (Å²) in [6, 6.07) is 8.83. The summed E-state index contributed by atoms with van der Waals surface area (Å²) < 4.78 is 1.13. The molecule has 1 fully saturated rings. The highest BCUT2D eigenvalue weighted by atomic mass is 79.9. The molecular formula is C9H10BrN. The van der Waals surface area contributed by atoms with E-state index in [-0.39, 0.29) is 0 Å². The van der Waals surface area contributed by atoms with Gasteiger partial charge in [-0.1, -0.05) is 28.1 Å². The number of hydrogen-bond acceptors (Lipinski definition) is 1. The molecule has 1 aliphatic rings. The summed E-state index contributed by atoms with van der Waals surface area (Å²) in [6.45, 7) is 0. The zero-order valence-electron chi connectivity index (χ0n) is 6.13. The van der Waals surface area contributed by atoms with E-state index >= 15 is 0 Å². The van der Waals surface area contributed by atoms with E-state index in [4.69, 9.17) is 5.73 Å². The van der Waals surface area contributed by atoms with Crippen LogP contribution >= 0.6 is 15.9 Å². The molecular weight excluding hydrogens is 202 g/mol. The van der Waals surface area contributed by atoms with Crippen LogP contribution in [0.3, 0.4) is 0 Å². The Bertz CT molecular complexity index is 255. The fourth-order valence-corrected chi connectivity index (χ4v) is 1.57. The summed E-state index contributed by atoms with van der Waals surface area (Å²) in [7, 11) is 0. The second kappa shape index (κ2) is 2.61. The molecule has 2 N–H and O–H groups in total. The zero-order chi connectivity index (χ0) is 7.84. The normalized spacial score (nSPS) is 28.5. The third kappa shape index (κ3) is 1.47. The highest BCUT2D eigenvalue weighted by molar-refractivity contribution is 9.10. The van der Waals surface area contributed by atoms with Gasteiger partial charge in [0.05, 0.1) is 0 Å². The molecule has 0 spiro atoms. The minimum Gasteiger partial charge on any atom is -0.327 e. The second-order valence-electron chi connectivity index (χ2n) is 3.06. The molecule has 1 nitrogen and oxygen atoms in total. The maximum atomic E-state index is 5.72. The molecule has 0 bridgehead atoms. The first kappa shape index (κ1) is 7.32. The molecule has 0 unspecified atom stereocenters. The Labute approximate surface area is 74.7 Å². The molecule has 0 radical (unpaired) electrons. The molecule has 0 amide bonds. The Morgan fingerprint density at radius 2 is 1.82 bits per heavy atom. The lowest BCUT2D eigenvalue weighted by Crippen LogP contribution is -2.00. The summed E-state index contributed by atoms with van der Waals surface area (Å²) in [4.78, 5) is 0. The fourth-order valence-electron chi connectivity index (χ4n) is 1.31. The Morgan fingerprint density at radius 1 is 1.27 bits per heavy atom. The topological polar surface area (TPSA) is 26.0 Å². The Kier molecular flexibility index (Phi) is 1.74. The van der Waals surface area contributed by atoms with Gasteiger partial charge in [-0.25, -0.2) is 0 Å². The summed E-state index contributed by atoms with van der Waals surface area (Å²) >= 11 is 3.40. The predicted octanol–water partition coefficient (Wildman–Crippen LogP) is 2.26. The Hall–Kier alpha value is -0.340. The number of nitrogens with two attached hydrogens (primary N) is 1. The quantitative estimate of drug-likeness (QED) is 0.759. The lowest BCUT2D eigenvalue weighted by molar-refractivity contribution is 0.990. The van der Waals surface area contributed by atoms with Crippen molar-refractivity contribution in [3.63, 3.8) is 0 Å². The summed E-state index contributed by atoms with van der Waals surface area (Å²) in [5, 5.41) is 0. The van der Waals surface area contributed by atoms with Crippen LogP contribution in [0.5, 0.6) is 0 Å². The standard InChI is InChI=1S/C9H10BrN/c10-7-3-1-6(2-4-7)8-5-9(8)11/h1-4,8-9H,5,11H2/t8-,9-/m0/s1. The monoisotopic (exact) mass is 211 g/mol. The van der Waals surface area contributed by atoms with Crippen molar-refractivity contribution in [2.24, 2.45) is 5.73 Å². The van der Waals surface area contributed by atoms with E-state index in [9.17, 15) is 0 Å². The van der Waals surface area contributed by atoms with Gasteiger partial charge in [0.15, 0.2) is 0 Å². The molecule has 0 aliphatic heterocycles. The van der Waals surface area contributed by atoms with Crippen molar-refractivity contribution in [3.8, 4) is 0 Å². The fraction of sp³-hybridized carbons (Fsp3) is 0.333.